The average Bonchev–Trinajstić information content (AvgIpc) is 3.00. The Morgan fingerprint density at radius 2 is 1.63 bits per heavy atom. The largest absolute Gasteiger partial charge is 0.417 e. The van der Waals surface area contributed by atoms with E-state index in [1.54, 1.807) is 32.0 Å². The summed E-state index contributed by atoms with van der Waals surface area (Å²) in [5.74, 6) is -1.10. The van der Waals surface area contributed by atoms with Crippen molar-refractivity contribution in [2.75, 3.05) is 10.8 Å². The predicted octanol–water partition coefficient (Wildman–Crippen LogP) is 7.43. The zero-order valence-electron chi connectivity index (χ0n) is 26.1. The Morgan fingerprint density at radius 3 is 2.24 bits per heavy atom. The topological polar surface area (TPSA) is 86.8 Å². The number of carbonyl (C=O) groups excluding carboxylic acids is 2. The molecule has 4 rings (SSSR count). The number of rotatable bonds is 11. The third-order valence-corrected chi connectivity index (χ3v) is 10.3. The fourth-order valence-corrected chi connectivity index (χ4v) is 7.35. The van der Waals surface area contributed by atoms with E-state index in [0.29, 0.717) is 10.4 Å². The van der Waals surface area contributed by atoms with Crippen LogP contribution in [0.3, 0.4) is 0 Å². The molecule has 0 radical (unpaired) electrons. The molecule has 3 aromatic carbocycles. The molecule has 0 aromatic heterocycles. The lowest BCUT2D eigenvalue weighted by atomic mass is 9.95. The number of hydrogen-bond donors (Lipinski definition) is 1. The molecule has 0 heterocycles. The van der Waals surface area contributed by atoms with Crippen molar-refractivity contribution in [2.45, 2.75) is 89.0 Å². The Hall–Kier alpha value is -3.57. The molecular weight excluding hydrogens is 639 g/mol. The zero-order valence-corrected chi connectivity index (χ0v) is 27.7. The Kier molecular flexibility index (Phi) is 11.4. The van der Waals surface area contributed by atoms with Gasteiger partial charge < -0.3 is 10.2 Å². The highest BCUT2D eigenvalue weighted by Crippen LogP contribution is 2.38. The number of anilines is 1. The first-order valence-corrected chi connectivity index (χ1v) is 17.1. The molecule has 248 valence electrons. The number of amides is 2. The number of nitrogens with one attached hydrogen (secondary N) is 1. The summed E-state index contributed by atoms with van der Waals surface area (Å²) in [6.07, 6.45) is 0.0794. The fraction of sp³-hybridized carbons (Fsp3) is 0.412. The molecule has 1 aliphatic carbocycles. The number of benzene rings is 3. The summed E-state index contributed by atoms with van der Waals surface area (Å²) in [5.41, 5.74) is 0.788. The van der Waals surface area contributed by atoms with Crippen LogP contribution >= 0.6 is 11.6 Å². The van der Waals surface area contributed by atoms with Crippen molar-refractivity contribution in [2.24, 2.45) is 0 Å². The molecule has 0 bridgehead atoms. The molecule has 1 fully saturated rings. The maximum absolute atomic E-state index is 14.3. The molecule has 7 nitrogen and oxygen atoms in total. The van der Waals surface area contributed by atoms with Crippen LogP contribution in [0.1, 0.15) is 67.7 Å². The third-order valence-electron chi connectivity index (χ3n) is 8.20. The highest BCUT2D eigenvalue weighted by atomic mass is 35.5. The second-order valence-electron chi connectivity index (χ2n) is 11.8. The molecule has 0 saturated heterocycles. The number of hydrogen-bond acceptors (Lipinski definition) is 4. The molecule has 0 spiro atoms. The standard InChI is InChI=1S/C34H39ClF3N3O4S/c1-4-31(33(43)39-26-11-6-5-7-12-26)40(21-25-10-8-9-24(3)19-25)32(42)22-41(46(44,45)28-16-13-23(2)14-17-28)27-15-18-30(35)29(20-27)34(36,37)38/h8-10,13-20,26,31H,4-7,11-12,21-22H2,1-3H3,(H,39,43)/t31-/m0/s1. The summed E-state index contributed by atoms with van der Waals surface area (Å²) in [4.78, 5) is 29.1. The maximum Gasteiger partial charge on any atom is 0.417 e. The summed E-state index contributed by atoms with van der Waals surface area (Å²) in [6.45, 7) is 4.55. The van der Waals surface area contributed by atoms with Gasteiger partial charge in [-0.15, -0.1) is 0 Å². The van der Waals surface area contributed by atoms with Crippen LogP contribution in [0, 0.1) is 13.8 Å². The summed E-state index contributed by atoms with van der Waals surface area (Å²) < 4.78 is 70.4. The number of sulfonamides is 1. The molecule has 3 aromatic rings. The predicted molar refractivity (Wildman–Crippen MR) is 173 cm³/mol. The van der Waals surface area contributed by atoms with E-state index in [1.807, 2.05) is 25.1 Å². The van der Waals surface area contributed by atoms with Gasteiger partial charge in [0.15, 0.2) is 0 Å². The Bertz CT molecular complexity index is 1640. The lowest BCUT2D eigenvalue weighted by Crippen LogP contribution is -2.54. The Balaban J connectivity index is 1.78. The van der Waals surface area contributed by atoms with E-state index in [2.05, 4.69) is 5.32 Å². The van der Waals surface area contributed by atoms with Gasteiger partial charge in [0.05, 0.1) is 21.2 Å². The normalized spacial score (nSPS) is 14.8. The molecular formula is C34H39ClF3N3O4S. The molecule has 1 atom stereocenters. The van der Waals surface area contributed by atoms with Crippen LogP contribution in [0.25, 0.3) is 0 Å². The van der Waals surface area contributed by atoms with Gasteiger partial charge in [0.25, 0.3) is 10.0 Å². The minimum Gasteiger partial charge on any atom is -0.352 e. The van der Waals surface area contributed by atoms with E-state index in [9.17, 15) is 31.2 Å². The molecule has 2 amide bonds. The number of carbonyl (C=O) groups is 2. The van der Waals surface area contributed by atoms with Crippen LogP contribution in [0.2, 0.25) is 5.02 Å². The molecule has 0 unspecified atom stereocenters. The van der Waals surface area contributed by atoms with E-state index in [1.165, 1.54) is 17.0 Å². The van der Waals surface area contributed by atoms with Gasteiger partial charge in [-0.2, -0.15) is 13.2 Å². The van der Waals surface area contributed by atoms with Crippen molar-refractivity contribution in [1.29, 1.82) is 0 Å². The summed E-state index contributed by atoms with van der Waals surface area (Å²) in [7, 11) is -4.55. The van der Waals surface area contributed by atoms with Crippen LogP contribution in [0.5, 0.6) is 0 Å². The number of aryl methyl sites for hydroxylation is 2. The van der Waals surface area contributed by atoms with Gasteiger partial charge in [-0.3, -0.25) is 13.9 Å². The van der Waals surface area contributed by atoms with E-state index in [0.717, 1.165) is 60.9 Å². The van der Waals surface area contributed by atoms with Gasteiger partial charge in [-0.05, 0) is 69.0 Å². The van der Waals surface area contributed by atoms with Gasteiger partial charge in [-0.1, -0.05) is 85.3 Å². The molecule has 1 saturated carbocycles. The van der Waals surface area contributed by atoms with Crippen molar-refractivity contribution in [1.82, 2.24) is 10.2 Å². The highest BCUT2D eigenvalue weighted by Gasteiger charge is 2.37. The van der Waals surface area contributed by atoms with Crippen LogP contribution in [-0.4, -0.2) is 43.8 Å². The fourth-order valence-electron chi connectivity index (χ4n) is 5.72. The number of nitrogens with zero attached hydrogens (tertiary/aromatic N) is 2. The molecule has 1 N–H and O–H groups in total. The highest BCUT2D eigenvalue weighted by molar-refractivity contribution is 7.92. The first-order valence-electron chi connectivity index (χ1n) is 15.3. The first kappa shape index (κ1) is 35.3. The summed E-state index contributed by atoms with van der Waals surface area (Å²) in [5, 5.41) is 2.47. The van der Waals surface area contributed by atoms with Crippen molar-refractivity contribution in [3.8, 4) is 0 Å². The lowest BCUT2D eigenvalue weighted by Gasteiger charge is -2.34. The van der Waals surface area contributed by atoms with Gasteiger partial charge in [-0.25, -0.2) is 8.42 Å². The van der Waals surface area contributed by atoms with E-state index < -0.39 is 45.3 Å². The van der Waals surface area contributed by atoms with Crippen molar-refractivity contribution >= 4 is 39.1 Å². The van der Waals surface area contributed by atoms with Crippen LogP contribution < -0.4 is 9.62 Å². The average molecular weight is 678 g/mol. The molecule has 1 aliphatic rings. The molecule has 0 aliphatic heterocycles. The Labute approximate surface area is 273 Å². The Morgan fingerprint density at radius 1 is 0.957 bits per heavy atom. The zero-order chi connectivity index (χ0) is 33.6. The van der Waals surface area contributed by atoms with Gasteiger partial charge in [0, 0.05) is 12.6 Å². The number of halogens is 4. The van der Waals surface area contributed by atoms with E-state index >= 15 is 0 Å². The molecule has 12 heteroatoms. The minimum absolute atomic E-state index is 0.00998. The minimum atomic E-state index is -4.88. The van der Waals surface area contributed by atoms with E-state index in [4.69, 9.17) is 11.6 Å². The maximum atomic E-state index is 14.3. The third kappa shape index (κ3) is 8.61. The second kappa shape index (κ2) is 14.9. The van der Waals surface area contributed by atoms with Crippen molar-refractivity contribution in [3.05, 3.63) is 94.0 Å². The lowest BCUT2D eigenvalue weighted by molar-refractivity contribution is -0.140. The summed E-state index contributed by atoms with van der Waals surface area (Å²) >= 11 is 5.86. The SMILES string of the molecule is CC[C@@H](C(=O)NC1CCCCC1)N(Cc1cccc(C)c1)C(=O)CN(c1ccc(Cl)c(C(F)(F)F)c1)S(=O)(=O)c1ccc(C)cc1. The number of alkyl halides is 3. The van der Waals surface area contributed by atoms with Gasteiger partial charge >= 0.3 is 6.18 Å². The van der Waals surface area contributed by atoms with Crippen LogP contribution in [0.15, 0.2) is 71.6 Å². The van der Waals surface area contributed by atoms with Gasteiger partial charge in [0.2, 0.25) is 11.8 Å². The van der Waals surface area contributed by atoms with Gasteiger partial charge in [0.1, 0.15) is 12.6 Å². The smallest absolute Gasteiger partial charge is 0.352 e. The second-order valence-corrected chi connectivity index (χ2v) is 14.0. The molecule has 46 heavy (non-hydrogen) atoms. The first-order chi connectivity index (χ1) is 21.7. The van der Waals surface area contributed by atoms with Crippen LogP contribution in [-0.2, 0) is 32.3 Å². The van der Waals surface area contributed by atoms with E-state index in [-0.39, 0.29) is 35.5 Å². The van der Waals surface area contributed by atoms with Crippen molar-refractivity contribution in [3.63, 3.8) is 0 Å². The van der Waals surface area contributed by atoms with Crippen molar-refractivity contribution < 1.29 is 31.2 Å². The monoisotopic (exact) mass is 677 g/mol. The van der Waals surface area contributed by atoms with Crippen LogP contribution in [0.4, 0.5) is 18.9 Å². The quantitative estimate of drug-likeness (QED) is 0.229. The summed E-state index contributed by atoms with van der Waals surface area (Å²) in [6, 6.07) is 14.9.